The normalized spacial score (nSPS) is 20.9. The molecule has 1 atom stereocenters. The largest absolute Gasteiger partial charge is 0.479 e. The molecule has 0 N–H and O–H groups in total. The summed E-state index contributed by atoms with van der Waals surface area (Å²) in [5, 5.41) is 0. The van der Waals surface area contributed by atoms with Crippen molar-refractivity contribution in [2.24, 2.45) is 5.92 Å². The molecule has 5 rings (SSSR count). The molecule has 8 heteroatoms. The molecule has 2 aliphatic heterocycles. The summed E-state index contributed by atoms with van der Waals surface area (Å²) in [4.78, 5) is 21.1. The number of hydrogen-bond acceptors (Lipinski definition) is 6. The maximum atomic E-state index is 14.7. The zero-order chi connectivity index (χ0) is 21.4. The number of fused-ring (bicyclic) bond motifs is 1. The Morgan fingerprint density at radius 2 is 2.10 bits per heavy atom. The van der Waals surface area contributed by atoms with Crippen LogP contribution in [-0.2, 0) is 17.9 Å². The number of amides is 1. The van der Waals surface area contributed by atoms with Gasteiger partial charge in [-0.25, -0.2) is 9.37 Å². The van der Waals surface area contributed by atoms with Gasteiger partial charge >= 0.3 is 0 Å². The van der Waals surface area contributed by atoms with Crippen molar-refractivity contribution < 1.29 is 18.7 Å². The van der Waals surface area contributed by atoms with Crippen molar-refractivity contribution in [1.29, 1.82) is 0 Å². The molecule has 2 aromatic rings. The van der Waals surface area contributed by atoms with E-state index in [9.17, 15) is 9.18 Å². The SMILES string of the molecule is CSCN1Cc2cc(N3CC[C@@H](Oc4ccc(OCC5CC5)nc4)C3=O)cc(F)c2C1. The van der Waals surface area contributed by atoms with Crippen molar-refractivity contribution in [3.63, 3.8) is 0 Å². The van der Waals surface area contributed by atoms with Crippen molar-refractivity contribution in [1.82, 2.24) is 9.88 Å². The Labute approximate surface area is 185 Å². The van der Waals surface area contributed by atoms with Crippen LogP contribution in [0.2, 0.25) is 0 Å². The lowest BCUT2D eigenvalue weighted by atomic mass is 10.1. The number of halogens is 1. The van der Waals surface area contributed by atoms with Gasteiger partial charge in [0, 0.05) is 49.2 Å². The smallest absolute Gasteiger partial charge is 0.268 e. The second kappa shape index (κ2) is 8.67. The van der Waals surface area contributed by atoms with E-state index < -0.39 is 6.10 Å². The van der Waals surface area contributed by atoms with Crippen molar-refractivity contribution in [2.75, 3.05) is 30.2 Å². The number of anilines is 1. The molecule has 6 nitrogen and oxygen atoms in total. The molecule has 1 aromatic heterocycles. The Bertz CT molecular complexity index is 967. The number of nitrogens with zero attached hydrogens (tertiary/aromatic N) is 3. The van der Waals surface area contributed by atoms with Gasteiger partial charge in [0.15, 0.2) is 6.10 Å². The summed E-state index contributed by atoms with van der Waals surface area (Å²) in [6.45, 7) is 2.54. The van der Waals surface area contributed by atoms with Crippen molar-refractivity contribution >= 4 is 23.4 Å². The molecule has 0 unspecified atom stereocenters. The van der Waals surface area contributed by atoms with E-state index in [0.29, 0.717) is 55.9 Å². The first kappa shape index (κ1) is 20.6. The van der Waals surface area contributed by atoms with E-state index in [0.717, 1.165) is 17.0 Å². The van der Waals surface area contributed by atoms with Crippen LogP contribution in [-0.4, -0.2) is 47.2 Å². The van der Waals surface area contributed by atoms with Gasteiger partial charge < -0.3 is 14.4 Å². The third-order valence-electron chi connectivity index (χ3n) is 5.98. The van der Waals surface area contributed by atoms with Crippen LogP contribution in [0.5, 0.6) is 11.6 Å². The van der Waals surface area contributed by atoms with Crippen LogP contribution in [0.25, 0.3) is 0 Å². The van der Waals surface area contributed by atoms with E-state index in [1.54, 1.807) is 35.0 Å². The van der Waals surface area contributed by atoms with Gasteiger partial charge in [-0.05, 0) is 48.8 Å². The summed E-state index contributed by atoms with van der Waals surface area (Å²) in [6.07, 6.45) is 6.04. The van der Waals surface area contributed by atoms with Crippen LogP contribution in [0.1, 0.15) is 30.4 Å². The predicted molar refractivity (Wildman–Crippen MR) is 118 cm³/mol. The third-order valence-corrected chi connectivity index (χ3v) is 6.60. The highest BCUT2D eigenvalue weighted by molar-refractivity contribution is 7.98. The number of pyridine rings is 1. The van der Waals surface area contributed by atoms with Gasteiger partial charge in [-0.3, -0.25) is 9.69 Å². The number of rotatable bonds is 8. The molecule has 164 valence electrons. The molecule has 3 heterocycles. The summed E-state index contributed by atoms with van der Waals surface area (Å²) < 4.78 is 26.3. The predicted octanol–water partition coefficient (Wildman–Crippen LogP) is 3.83. The summed E-state index contributed by atoms with van der Waals surface area (Å²) in [7, 11) is 0. The molecule has 1 saturated carbocycles. The first-order valence-corrected chi connectivity index (χ1v) is 12.1. The van der Waals surface area contributed by atoms with Crippen molar-refractivity contribution in [3.05, 3.63) is 47.4 Å². The lowest BCUT2D eigenvalue weighted by molar-refractivity contribution is -0.122. The van der Waals surface area contributed by atoms with Crippen LogP contribution in [0.4, 0.5) is 10.1 Å². The molecule has 1 saturated heterocycles. The summed E-state index contributed by atoms with van der Waals surface area (Å²) >= 11 is 1.72. The Balaban J connectivity index is 1.23. The molecule has 0 spiro atoms. The quantitative estimate of drug-likeness (QED) is 0.618. The zero-order valence-electron chi connectivity index (χ0n) is 17.6. The molecule has 1 aliphatic carbocycles. The molecule has 0 radical (unpaired) electrons. The number of hydrogen-bond donors (Lipinski definition) is 0. The Kier molecular flexibility index (Phi) is 5.75. The molecule has 2 fully saturated rings. The minimum Gasteiger partial charge on any atom is -0.479 e. The fourth-order valence-electron chi connectivity index (χ4n) is 4.14. The van der Waals surface area contributed by atoms with Crippen molar-refractivity contribution in [3.8, 4) is 11.6 Å². The Morgan fingerprint density at radius 3 is 2.84 bits per heavy atom. The highest BCUT2D eigenvalue weighted by atomic mass is 32.2. The second-order valence-electron chi connectivity index (χ2n) is 8.44. The molecular formula is C23H26FN3O3S. The Hall–Kier alpha value is -2.32. The zero-order valence-corrected chi connectivity index (χ0v) is 18.4. The van der Waals surface area contributed by atoms with E-state index in [4.69, 9.17) is 9.47 Å². The minimum absolute atomic E-state index is 0.146. The van der Waals surface area contributed by atoms with Crippen molar-refractivity contribution in [2.45, 2.75) is 38.5 Å². The molecule has 1 amide bonds. The Morgan fingerprint density at radius 1 is 1.23 bits per heavy atom. The number of thioether (sulfide) groups is 1. The average molecular weight is 444 g/mol. The summed E-state index contributed by atoms with van der Waals surface area (Å²) in [5.41, 5.74) is 2.32. The highest BCUT2D eigenvalue weighted by Crippen LogP contribution is 2.33. The molecule has 0 bridgehead atoms. The van der Waals surface area contributed by atoms with Gasteiger partial charge in [0.2, 0.25) is 5.88 Å². The monoisotopic (exact) mass is 443 g/mol. The lowest BCUT2D eigenvalue weighted by Gasteiger charge is -2.18. The van der Waals surface area contributed by atoms with Gasteiger partial charge in [-0.15, -0.1) is 11.8 Å². The topological polar surface area (TPSA) is 54.9 Å². The van der Waals surface area contributed by atoms with E-state index in [1.807, 2.05) is 12.3 Å². The summed E-state index contributed by atoms with van der Waals surface area (Å²) in [6, 6.07) is 6.98. The number of carbonyl (C=O) groups excluding carboxylic acids is 1. The van der Waals surface area contributed by atoms with Crippen LogP contribution >= 0.6 is 11.8 Å². The number of ether oxygens (including phenoxy) is 2. The molecular weight excluding hydrogens is 417 g/mol. The van der Waals surface area contributed by atoms with Crippen LogP contribution in [0, 0.1) is 11.7 Å². The number of benzene rings is 1. The van der Waals surface area contributed by atoms with Gasteiger partial charge in [-0.1, -0.05) is 0 Å². The minimum atomic E-state index is -0.593. The van der Waals surface area contributed by atoms with Gasteiger partial charge in [0.25, 0.3) is 5.91 Å². The fraction of sp³-hybridized carbons (Fsp3) is 0.478. The maximum Gasteiger partial charge on any atom is 0.268 e. The standard InChI is InChI=1S/C23H26FN3O3S/c1-31-14-26-11-16-8-17(9-20(24)19(16)12-26)27-7-6-21(23(27)28)30-18-4-5-22(25-10-18)29-13-15-2-3-15/h4-5,8-10,15,21H,2-3,6-7,11-14H2,1H3/t21-/m1/s1. The number of carbonyl (C=O) groups is 1. The first-order chi connectivity index (χ1) is 15.1. The molecule has 1 aromatic carbocycles. The number of aromatic nitrogens is 1. The van der Waals surface area contributed by atoms with Gasteiger partial charge in [-0.2, -0.15) is 0 Å². The first-order valence-electron chi connectivity index (χ1n) is 10.7. The van der Waals surface area contributed by atoms with Gasteiger partial charge in [0.1, 0.15) is 11.6 Å². The fourth-order valence-corrected chi connectivity index (χ4v) is 4.69. The van der Waals surface area contributed by atoms with E-state index in [-0.39, 0.29) is 11.7 Å². The second-order valence-corrected chi connectivity index (χ2v) is 9.28. The molecule has 31 heavy (non-hydrogen) atoms. The van der Waals surface area contributed by atoms with Crippen LogP contribution in [0.3, 0.4) is 0 Å². The summed E-state index contributed by atoms with van der Waals surface area (Å²) in [5.74, 6) is 2.25. The average Bonchev–Trinajstić information content (AvgIpc) is 3.40. The van der Waals surface area contributed by atoms with Crippen LogP contribution in [0.15, 0.2) is 30.5 Å². The molecule has 3 aliphatic rings. The highest BCUT2D eigenvalue weighted by Gasteiger charge is 2.35. The van der Waals surface area contributed by atoms with Gasteiger partial charge in [0.05, 0.1) is 12.8 Å². The maximum absolute atomic E-state index is 14.7. The van der Waals surface area contributed by atoms with Crippen LogP contribution < -0.4 is 14.4 Å². The third kappa shape index (κ3) is 4.50. The lowest BCUT2D eigenvalue weighted by Crippen LogP contribution is -2.32. The van der Waals surface area contributed by atoms with E-state index >= 15 is 0 Å². The van der Waals surface area contributed by atoms with E-state index in [2.05, 4.69) is 9.88 Å². The van der Waals surface area contributed by atoms with E-state index in [1.165, 1.54) is 18.9 Å².